The molecule has 0 aromatic heterocycles. The van der Waals surface area contributed by atoms with E-state index in [-0.39, 0.29) is 5.91 Å². The zero-order valence-electron chi connectivity index (χ0n) is 25.3. The van der Waals surface area contributed by atoms with Crippen LogP contribution in [-0.4, -0.2) is 66.3 Å². The summed E-state index contributed by atoms with van der Waals surface area (Å²) < 4.78 is 39.5. The van der Waals surface area contributed by atoms with Crippen molar-refractivity contribution >= 4 is 66.5 Å². The van der Waals surface area contributed by atoms with E-state index in [0.717, 1.165) is 0 Å². The molecular weight excluding hydrogens is 569 g/mol. The van der Waals surface area contributed by atoms with Crippen molar-refractivity contribution in [2.24, 2.45) is 0 Å². The summed E-state index contributed by atoms with van der Waals surface area (Å²) in [6.07, 6.45) is 2.16. The van der Waals surface area contributed by atoms with Crippen LogP contribution in [0.4, 0.5) is 0 Å². The van der Waals surface area contributed by atoms with Gasteiger partial charge in [0, 0.05) is 0 Å². The predicted molar refractivity (Wildman–Crippen MR) is 171 cm³/mol. The minimum absolute atomic E-state index is 0.332. The molecule has 36 heavy (non-hydrogen) atoms. The summed E-state index contributed by atoms with van der Waals surface area (Å²) in [5.74, 6) is -0.332. The van der Waals surface area contributed by atoms with Crippen LogP contribution in [0, 0.1) is 0 Å². The molecule has 0 atom stereocenters. The minimum Gasteiger partial charge on any atom is -0.437 e. The van der Waals surface area contributed by atoms with Crippen LogP contribution >= 0.6 is 0 Å². The van der Waals surface area contributed by atoms with Crippen molar-refractivity contribution < 1.29 is 25.3 Å². The summed E-state index contributed by atoms with van der Waals surface area (Å²) in [6.45, 7) is 30.1. The molecule has 13 heteroatoms. The largest absolute Gasteiger partial charge is 0.437 e. The van der Waals surface area contributed by atoms with E-state index >= 15 is 0 Å². The van der Waals surface area contributed by atoms with Crippen LogP contribution in [0.15, 0.2) is 36.0 Å². The van der Waals surface area contributed by atoms with E-state index in [9.17, 15) is 0 Å². The number of rotatable bonds is 15. The lowest BCUT2D eigenvalue weighted by molar-refractivity contribution is 0.0260. The molecular formula is C23H52O6Si7. The topological polar surface area (TPSA) is 55.4 Å². The van der Waals surface area contributed by atoms with Crippen LogP contribution in [0.2, 0.25) is 91.7 Å². The maximum atomic E-state index is 6.69. The summed E-state index contributed by atoms with van der Waals surface area (Å²) in [4.78, 5) is 0. The second-order valence-corrected chi connectivity index (χ2v) is 37.9. The third kappa shape index (κ3) is 16.3. The molecule has 0 bridgehead atoms. The Labute approximate surface area is 230 Å². The summed E-state index contributed by atoms with van der Waals surface area (Å²) in [7, 11) is -14.1. The molecule has 0 radical (unpaired) electrons. The third-order valence-electron chi connectivity index (χ3n) is 4.36. The predicted octanol–water partition coefficient (Wildman–Crippen LogP) is 6.69. The molecule has 0 aliphatic carbocycles. The van der Waals surface area contributed by atoms with E-state index < -0.39 is 60.4 Å². The number of hydrogen-bond donors (Lipinski definition) is 0. The smallest absolute Gasteiger partial charge is 0.324 e. The van der Waals surface area contributed by atoms with Gasteiger partial charge in [0.2, 0.25) is 0 Å². The normalized spacial score (nSPS) is 15.1. The Kier molecular flexibility index (Phi) is 12.4. The summed E-state index contributed by atoms with van der Waals surface area (Å²) >= 11 is 0. The Hall–Kier alpha value is 0.238. The van der Waals surface area contributed by atoms with Gasteiger partial charge in [-0.1, -0.05) is 42.1 Å². The fourth-order valence-corrected chi connectivity index (χ4v) is 32.4. The van der Waals surface area contributed by atoms with Gasteiger partial charge in [0.1, 0.15) is 15.4 Å². The van der Waals surface area contributed by atoms with Crippen LogP contribution in [0.25, 0.3) is 6.08 Å². The first kappa shape index (κ1) is 34.3. The van der Waals surface area contributed by atoms with Gasteiger partial charge in [-0.2, -0.15) is 0 Å². The lowest BCUT2D eigenvalue weighted by atomic mass is 10.2. The van der Waals surface area contributed by atoms with Crippen molar-refractivity contribution in [3.05, 3.63) is 41.6 Å². The van der Waals surface area contributed by atoms with E-state index in [1.807, 2.05) is 6.07 Å². The van der Waals surface area contributed by atoms with Gasteiger partial charge in [-0.25, -0.2) is 0 Å². The van der Waals surface area contributed by atoms with Crippen molar-refractivity contribution in [3.63, 3.8) is 0 Å². The molecule has 208 valence electrons. The van der Waals surface area contributed by atoms with Crippen molar-refractivity contribution in [2.75, 3.05) is 0 Å². The van der Waals surface area contributed by atoms with Gasteiger partial charge in [-0.15, -0.1) is 0 Å². The van der Waals surface area contributed by atoms with Crippen LogP contribution in [0.1, 0.15) is 5.56 Å². The van der Waals surface area contributed by atoms with Gasteiger partial charge in [0.25, 0.3) is 0 Å². The first-order valence-electron chi connectivity index (χ1n) is 12.9. The van der Waals surface area contributed by atoms with Crippen molar-refractivity contribution in [1.29, 1.82) is 0 Å². The SMILES string of the molecule is C[Si](C)(C)O[Si](C)(C)O[Si](C)(C)OC(O[Si](C)(C)O[Si](C)(C)O[Si](C)(C)C)[SiH2]C=Cc1ccccc1. The lowest BCUT2D eigenvalue weighted by Gasteiger charge is -2.41. The van der Waals surface area contributed by atoms with Gasteiger partial charge in [-0.3, -0.25) is 0 Å². The highest BCUT2D eigenvalue weighted by Gasteiger charge is 2.44. The monoisotopic (exact) mass is 620 g/mol. The van der Waals surface area contributed by atoms with Crippen LogP contribution in [-0.2, 0) is 25.3 Å². The van der Waals surface area contributed by atoms with Crippen LogP contribution < -0.4 is 0 Å². The molecule has 0 amide bonds. The second-order valence-electron chi connectivity index (χ2n) is 12.9. The Morgan fingerprint density at radius 3 is 1.31 bits per heavy atom. The van der Waals surface area contributed by atoms with E-state index in [2.05, 4.69) is 128 Å². The lowest BCUT2D eigenvalue weighted by Crippen LogP contribution is -2.57. The first-order chi connectivity index (χ1) is 16.0. The molecule has 1 aromatic carbocycles. The highest BCUT2D eigenvalue weighted by Crippen LogP contribution is 2.25. The fourth-order valence-electron chi connectivity index (χ4n) is 4.38. The maximum absolute atomic E-state index is 6.69. The minimum atomic E-state index is -2.54. The van der Waals surface area contributed by atoms with Gasteiger partial charge < -0.3 is 25.3 Å². The van der Waals surface area contributed by atoms with Crippen molar-refractivity contribution in [2.45, 2.75) is 97.6 Å². The number of benzene rings is 1. The molecule has 0 aliphatic rings. The Balaban J connectivity index is 3.06. The highest BCUT2D eigenvalue weighted by atomic mass is 28.5. The van der Waals surface area contributed by atoms with Gasteiger partial charge in [-0.05, 0) is 97.2 Å². The molecule has 0 unspecified atom stereocenters. The molecule has 6 nitrogen and oxygen atoms in total. The zero-order chi connectivity index (χ0) is 28.1. The molecule has 0 heterocycles. The Morgan fingerprint density at radius 1 is 0.556 bits per heavy atom. The van der Waals surface area contributed by atoms with E-state index in [1.54, 1.807) is 0 Å². The first-order valence-corrected chi connectivity index (χ1v) is 32.6. The molecule has 0 saturated heterocycles. The zero-order valence-corrected chi connectivity index (χ0v) is 32.7. The van der Waals surface area contributed by atoms with Crippen LogP contribution in [0.5, 0.6) is 0 Å². The molecule has 0 N–H and O–H groups in total. The molecule has 0 saturated carbocycles. The molecule has 1 aromatic rings. The summed E-state index contributed by atoms with van der Waals surface area (Å²) in [5.41, 5.74) is 3.43. The van der Waals surface area contributed by atoms with Gasteiger partial charge in [0.15, 0.2) is 16.6 Å². The Morgan fingerprint density at radius 2 is 0.944 bits per heavy atom. The average Bonchev–Trinajstić information content (AvgIpc) is 2.54. The second kappa shape index (κ2) is 13.1. The molecule has 1 rings (SSSR count). The standard InChI is InChI=1S/C23H52O6Si7/c1-31(2,3)26-35(11,12)28-33(7,8)24-23(30-21-20-22-18-16-15-17-19-22)25-34(9,10)29-36(13,14)27-32(4,5)6/h15-21,23H,30H2,1-14H3. The molecule has 0 aliphatic heterocycles. The average molecular weight is 621 g/mol. The van der Waals surface area contributed by atoms with E-state index in [0.29, 0.717) is 0 Å². The van der Waals surface area contributed by atoms with E-state index in [1.165, 1.54) is 5.56 Å². The maximum Gasteiger partial charge on any atom is 0.324 e. The highest BCUT2D eigenvalue weighted by molar-refractivity contribution is 6.87. The quantitative estimate of drug-likeness (QED) is 0.161. The number of hydrogen-bond acceptors (Lipinski definition) is 6. The Bertz CT molecular complexity index is 790. The molecule has 0 fully saturated rings. The fraction of sp³-hybridized carbons (Fsp3) is 0.652. The third-order valence-corrected chi connectivity index (χ3v) is 24.6. The van der Waals surface area contributed by atoms with Crippen molar-refractivity contribution in [1.82, 2.24) is 0 Å². The van der Waals surface area contributed by atoms with Gasteiger partial charge in [0.05, 0.1) is 0 Å². The van der Waals surface area contributed by atoms with Crippen LogP contribution in [0.3, 0.4) is 0 Å². The molecule has 0 spiro atoms. The summed E-state index contributed by atoms with van der Waals surface area (Å²) in [5, 5.41) is 0. The van der Waals surface area contributed by atoms with Gasteiger partial charge >= 0.3 is 34.2 Å². The summed E-state index contributed by atoms with van der Waals surface area (Å²) in [6, 6.07) is 10.3. The van der Waals surface area contributed by atoms with Crippen molar-refractivity contribution in [3.8, 4) is 0 Å². The van der Waals surface area contributed by atoms with E-state index in [4.69, 9.17) is 25.3 Å².